The molecule has 162 valence electrons. The van der Waals surface area contributed by atoms with Gasteiger partial charge in [0.15, 0.2) is 6.54 Å². The first-order valence-electron chi connectivity index (χ1n) is 11.0. The average molecular weight is 412 g/mol. The minimum atomic E-state index is 0.149. The zero-order chi connectivity index (χ0) is 21.2. The van der Waals surface area contributed by atoms with Gasteiger partial charge in [0.1, 0.15) is 5.75 Å². The van der Waals surface area contributed by atoms with E-state index >= 15 is 0 Å². The molecule has 0 saturated carbocycles. The van der Waals surface area contributed by atoms with Gasteiger partial charge in [-0.05, 0) is 37.6 Å². The fourth-order valence-corrected chi connectivity index (χ4v) is 3.88. The molecule has 0 atom stereocenters. The summed E-state index contributed by atoms with van der Waals surface area (Å²) in [7, 11) is 2.09. The summed E-state index contributed by atoms with van der Waals surface area (Å²) in [6.45, 7) is 8.68. The van der Waals surface area contributed by atoms with Crippen LogP contribution in [0.25, 0.3) is 0 Å². The van der Waals surface area contributed by atoms with Gasteiger partial charge in [0.25, 0.3) is 5.91 Å². The van der Waals surface area contributed by atoms with E-state index in [1.54, 1.807) is 0 Å². The molecule has 1 amide bonds. The first kappa shape index (κ1) is 22.0. The van der Waals surface area contributed by atoms with E-state index in [0.717, 1.165) is 57.1 Å². The van der Waals surface area contributed by atoms with Gasteiger partial charge in [-0.3, -0.25) is 4.79 Å². The molecule has 0 spiro atoms. The van der Waals surface area contributed by atoms with Crippen LogP contribution in [0.5, 0.6) is 5.75 Å². The fraction of sp³-hybridized carbons (Fsp3) is 0.458. The summed E-state index contributed by atoms with van der Waals surface area (Å²) in [5.41, 5.74) is 2.36. The number of carbonyl (C=O) groups is 1. The van der Waals surface area contributed by atoms with Crippen molar-refractivity contribution < 1.29 is 14.4 Å². The smallest absolute Gasteiger partial charge is 0.275 e. The number of rotatable bonds is 10. The molecule has 1 fully saturated rings. The van der Waals surface area contributed by atoms with Crippen molar-refractivity contribution in [2.45, 2.75) is 13.3 Å². The van der Waals surface area contributed by atoms with Crippen molar-refractivity contribution in [3.05, 3.63) is 54.6 Å². The van der Waals surface area contributed by atoms with Gasteiger partial charge in [0.05, 0.1) is 38.5 Å². The van der Waals surface area contributed by atoms with Crippen LogP contribution in [-0.4, -0.2) is 65.4 Å². The maximum Gasteiger partial charge on any atom is 0.275 e. The predicted octanol–water partition coefficient (Wildman–Crippen LogP) is 1.43. The van der Waals surface area contributed by atoms with E-state index in [4.69, 9.17) is 4.74 Å². The number of quaternary nitrogens is 1. The normalized spacial score (nSPS) is 14.4. The first-order valence-corrected chi connectivity index (χ1v) is 11.0. The molecule has 2 N–H and O–H groups in total. The Hall–Kier alpha value is -2.73. The molecule has 0 aromatic heterocycles. The molecular weight excluding hydrogens is 376 g/mol. The summed E-state index contributed by atoms with van der Waals surface area (Å²) in [5.74, 6) is 1.09. The largest absolute Gasteiger partial charge is 0.492 e. The lowest BCUT2D eigenvalue weighted by atomic mass is 10.2. The molecule has 1 aliphatic rings. The highest BCUT2D eigenvalue weighted by molar-refractivity contribution is 5.76. The minimum Gasteiger partial charge on any atom is -0.492 e. The number of nitrogens with zero attached hydrogens (tertiary/aromatic N) is 2. The molecule has 2 aromatic carbocycles. The van der Waals surface area contributed by atoms with Gasteiger partial charge in [-0.2, -0.15) is 0 Å². The van der Waals surface area contributed by atoms with Crippen molar-refractivity contribution in [2.75, 3.05) is 69.3 Å². The number of benzene rings is 2. The van der Waals surface area contributed by atoms with E-state index in [1.807, 2.05) is 37.3 Å². The van der Waals surface area contributed by atoms with Crippen molar-refractivity contribution >= 4 is 17.3 Å². The molecule has 0 bridgehead atoms. The summed E-state index contributed by atoms with van der Waals surface area (Å²) in [6, 6.07) is 18.5. The van der Waals surface area contributed by atoms with Crippen LogP contribution in [0, 0.1) is 0 Å². The predicted molar refractivity (Wildman–Crippen MR) is 123 cm³/mol. The van der Waals surface area contributed by atoms with Crippen molar-refractivity contribution in [3.63, 3.8) is 0 Å². The molecule has 1 heterocycles. The third-order valence-corrected chi connectivity index (χ3v) is 5.58. The monoisotopic (exact) mass is 411 g/mol. The molecule has 6 nitrogen and oxygen atoms in total. The highest BCUT2D eigenvalue weighted by atomic mass is 16.5. The van der Waals surface area contributed by atoms with Gasteiger partial charge < -0.3 is 24.8 Å². The number of ether oxygens (including phenoxy) is 1. The SMILES string of the molecule is CCOc1ccccc1N1CC[NH+](CC(=O)NCCCN(C)c2ccccc2)CC1. The second kappa shape index (κ2) is 11.5. The number of anilines is 2. The van der Waals surface area contributed by atoms with Gasteiger partial charge >= 0.3 is 0 Å². The second-order valence-electron chi connectivity index (χ2n) is 7.78. The first-order chi connectivity index (χ1) is 14.7. The summed E-state index contributed by atoms with van der Waals surface area (Å²) >= 11 is 0. The van der Waals surface area contributed by atoms with Gasteiger partial charge in [-0.25, -0.2) is 0 Å². The quantitative estimate of drug-likeness (QED) is 0.581. The Labute approximate surface area is 180 Å². The van der Waals surface area contributed by atoms with Crippen molar-refractivity contribution in [1.29, 1.82) is 0 Å². The minimum absolute atomic E-state index is 0.149. The van der Waals surface area contributed by atoms with Crippen LogP contribution in [0.2, 0.25) is 0 Å². The van der Waals surface area contributed by atoms with Gasteiger partial charge in [0, 0.05) is 25.8 Å². The van der Waals surface area contributed by atoms with Crippen LogP contribution in [0.4, 0.5) is 11.4 Å². The third-order valence-electron chi connectivity index (χ3n) is 5.58. The Morgan fingerprint density at radius 2 is 1.80 bits per heavy atom. The number of piperazine rings is 1. The number of para-hydroxylation sites is 3. The lowest BCUT2D eigenvalue weighted by molar-refractivity contribution is -0.892. The zero-order valence-corrected chi connectivity index (χ0v) is 18.3. The Balaban J connectivity index is 1.34. The highest BCUT2D eigenvalue weighted by Crippen LogP contribution is 2.27. The number of amides is 1. The summed E-state index contributed by atoms with van der Waals surface area (Å²) in [5, 5.41) is 3.09. The molecular formula is C24H35N4O2+. The van der Waals surface area contributed by atoms with Gasteiger partial charge in [0.2, 0.25) is 0 Å². The number of hydrogen-bond donors (Lipinski definition) is 2. The molecule has 30 heavy (non-hydrogen) atoms. The van der Waals surface area contributed by atoms with E-state index in [0.29, 0.717) is 13.2 Å². The third kappa shape index (κ3) is 6.39. The van der Waals surface area contributed by atoms with Gasteiger partial charge in [-0.1, -0.05) is 30.3 Å². The van der Waals surface area contributed by atoms with E-state index in [-0.39, 0.29) is 5.91 Å². The molecule has 0 aliphatic carbocycles. The number of hydrogen-bond acceptors (Lipinski definition) is 4. The zero-order valence-electron chi connectivity index (χ0n) is 18.3. The molecule has 1 aliphatic heterocycles. The van der Waals surface area contributed by atoms with Crippen LogP contribution >= 0.6 is 0 Å². The Kier molecular flexibility index (Phi) is 8.39. The fourth-order valence-electron chi connectivity index (χ4n) is 3.88. The topological polar surface area (TPSA) is 49.3 Å². The van der Waals surface area contributed by atoms with E-state index in [2.05, 4.69) is 46.4 Å². The van der Waals surface area contributed by atoms with Crippen LogP contribution in [-0.2, 0) is 4.79 Å². The Bertz CT molecular complexity index is 776. The molecule has 1 saturated heterocycles. The highest BCUT2D eigenvalue weighted by Gasteiger charge is 2.23. The maximum atomic E-state index is 12.3. The van der Waals surface area contributed by atoms with E-state index < -0.39 is 0 Å². The van der Waals surface area contributed by atoms with Crippen LogP contribution in [0.15, 0.2) is 54.6 Å². The Morgan fingerprint density at radius 1 is 1.10 bits per heavy atom. The molecule has 0 radical (unpaired) electrons. The van der Waals surface area contributed by atoms with Crippen molar-refractivity contribution in [2.24, 2.45) is 0 Å². The van der Waals surface area contributed by atoms with Crippen LogP contribution < -0.4 is 24.8 Å². The van der Waals surface area contributed by atoms with Crippen molar-refractivity contribution in [3.8, 4) is 5.75 Å². The summed E-state index contributed by atoms with van der Waals surface area (Å²) < 4.78 is 5.77. The van der Waals surface area contributed by atoms with E-state index in [1.165, 1.54) is 10.6 Å². The maximum absolute atomic E-state index is 12.3. The molecule has 6 heteroatoms. The Morgan fingerprint density at radius 3 is 2.53 bits per heavy atom. The summed E-state index contributed by atoms with van der Waals surface area (Å²) in [6.07, 6.45) is 0.939. The molecule has 3 rings (SSSR count). The second-order valence-corrected chi connectivity index (χ2v) is 7.78. The summed E-state index contributed by atoms with van der Waals surface area (Å²) in [4.78, 5) is 18.3. The number of nitrogens with one attached hydrogen (secondary N) is 2. The molecule has 0 unspecified atom stereocenters. The molecule has 2 aromatic rings. The van der Waals surface area contributed by atoms with Gasteiger partial charge in [-0.15, -0.1) is 0 Å². The van der Waals surface area contributed by atoms with Crippen molar-refractivity contribution in [1.82, 2.24) is 5.32 Å². The lowest BCUT2D eigenvalue weighted by Crippen LogP contribution is -3.16. The average Bonchev–Trinajstić information content (AvgIpc) is 2.78. The van der Waals surface area contributed by atoms with Crippen LogP contribution in [0.1, 0.15) is 13.3 Å². The lowest BCUT2D eigenvalue weighted by Gasteiger charge is -2.34. The van der Waals surface area contributed by atoms with Crippen LogP contribution in [0.3, 0.4) is 0 Å². The van der Waals surface area contributed by atoms with E-state index in [9.17, 15) is 4.79 Å². The number of carbonyl (C=O) groups excluding carboxylic acids is 1. The standard InChI is InChI=1S/C24H34N4O2/c1-3-30-23-13-8-7-12-22(23)28-18-16-27(17-19-28)20-24(29)25-14-9-15-26(2)21-10-5-4-6-11-21/h4-8,10-13H,3,9,14-20H2,1-2H3,(H,25,29)/p+1.